The van der Waals surface area contributed by atoms with Crippen LogP contribution in [0, 0.1) is 5.82 Å². The molecular weight excluding hydrogens is 251 g/mol. The minimum Gasteiger partial charge on any atom is -0.506 e. The van der Waals surface area contributed by atoms with Crippen LogP contribution in [0.5, 0.6) is 5.75 Å². The Balaban J connectivity index is 2.69. The number of benzene rings is 1. The van der Waals surface area contributed by atoms with E-state index in [1.807, 2.05) is 0 Å². The zero-order valence-electron chi connectivity index (χ0n) is 9.10. The van der Waals surface area contributed by atoms with Crippen LogP contribution < -0.4 is 9.44 Å². The van der Waals surface area contributed by atoms with Crippen LogP contribution in [0.3, 0.4) is 0 Å². The Morgan fingerprint density at radius 3 is 2.76 bits per heavy atom. The lowest BCUT2D eigenvalue weighted by atomic mass is 10.3. The predicted molar refractivity (Wildman–Crippen MR) is 60.5 cm³/mol. The number of aromatic hydroxyl groups is 1. The van der Waals surface area contributed by atoms with Crippen molar-refractivity contribution in [2.45, 2.75) is 0 Å². The Kier molecular flexibility index (Phi) is 4.67. The van der Waals surface area contributed by atoms with Crippen molar-refractivity contribution in [1.82, 2.24) is 4.72 Å². The molecule has 0 unspecified atom stereocenters. The Hall–Kier alpha value is -1.38. The summed E-state index contributed by atoms with van der Waals surface area (Å²) in [7, 11) is -2.37. The van der Waals surface area contributed by atoms with E-state index >= 15 is 0 Å². The van der Waals surface area contributed by atoms with E-state index in [1.165, 1.54) is 7.11 Å². The summed E-state index contributed by atoms with van der Waals surface area (Å²) < 4.78 is 44.4. The van der Waals surface area contributed by atoms with Gasteiger partial charge in [0.15, 0.2) is 0 Å². The van der Waals surface area contributed by atoms with Crippen LogP contribution in [0.15, 0.2) is 18.2 Å². The molecule has 0 aliphatic heterocycles. The van der Waals surface area contributed by atoms with Crippen molar-refractivity contribution in [3.63, 3.8) is 0 Å². The molecule has 0 saturated carbocycles. The first-order valence-corrected chi connectivity index (χ1v) is 6.18. The minimum absolute atomic E-state index is 0.0911. The lowest BCUT2D eigenvalue weighted by molar-refractivity contribution is 0.204. The predicted octanol–water partition coefficient (Wildman–Crippen LogP) is 0.424. The summed E-state index contributed by atoms with van der Waals surface area (Å²) >= 11 is 0. The van der Waals surface area contributed by atoms with Crippen LogP contribution in [0.25, 0.3) is 0 Å². The van der Waals surface area contributed by atoms with Gasteiger partial charge in [-0.05, 0) is 12.1 Å². The average molecular weight is 264 g/mol. The van der Waals surface area contributed by atoms with Gasteiger partial charge in [-0.1, -0.05) is 0 Å². The maximum Gasteiger partial charge on any atom is 0.299 e. The van der Waals surface area contributed by atoms with Gasteiger partial charge in [0.25, 0.3) is 10.2 Å². The van der Waals surface area contributed by atoms with Crippen molar-refractivity contribution >= 4 is 15.9 Å². The fourth-order valence-corrected chi connectivity index (χ4v) is 1.94. The van der Waals surface area contributed by atoms with Gasteiger partial charge in [0.2, 0.25) is 0 Å². The molecule has 8 heteroatoms. The summed E-state index contributed by atoms with van der Waals surface area (Å²) in [6.07, 6.45) is 0. The molecular formula is C9H13FN2O4S. The lowest BCUT2D eigenvalue weighted by Gasteiger charge is -2.10. The van der Waals surface area contributed by atoms with E-state index in [0.29, 0.717) is 0 Å². The van der Waals surface area contributed by atoms with Crippen molar-refractivity contribution in [3.05, 3.63) is 24.0 Å². The van der Waals surface area contributed by atoms with Crippen molar-refractivity contribution in [3.8, 4) is 5.75 Å². The number of rotatable bonds is 6. The second-order valence-corrected chi connectivity index (χ2v) is 4.65. The third-order valence-electron chi connectivity index (χ3n) is 1.80. The van der Waals surface area contributed by atoms with Crippen LogP contribution in [0.4, 0.5) is 10.1 Å². The smallest absolute Gasteiger partial charge is 0.299 e. The summed E-state index contributed by atoms with van der Waals surface area (Å²) in [5.41, 5.74) is -0.101. The molecule has 1 aromatic rings. The molecule has 0 fully saturated rings. The number of nitrogens with one attached hydrogen (secondary N) is 2. The number of anilines is 1. The summed E-state index contributed by atoms with van der Waals surface area (Å²) in [6, 6.07) is 2.97. The molecule has 0 aliphatic carbocycles. The third kappa shape index (κ3) is 4.55. The summed E-state index contributed by atoms with van der Waals surface area (Å²) in [5, 5.41) is 9.31. The van der Waals surface area contributed by atoms with Gasteiger partial charge in [-0.3, -0.25) is 4.72 Å². The Morgan fingerprint density at radius 1 is 1.47 bits per heavy atom. The van der Waals surface area contributed by atoms with Crippen molar-refractivity contribution in [2.75, 3.05) is 25.0 Å². The molecule has 0 atom stereocenters. The first-order chi connectivity index (χ1) is 7.94. The Bertz CT molecular complexity index is 478. The molecule has 0 amide bonds. The number of hydrogen-bond donors (Lipinski definition) is 3. The lowest BCUT2D eigenvalue weighted by Crippen LogP contribution is -2.32. The second kappa shape index (κ2) is 5.80. The van der Waals surface area contributed by atoms with Gasteiger partial charge in [-0.15, -0.1) is 0 Å². The average Bonchev–Trinajstić information content (AvgIpc) is 2.22. The molecule has 0 spiro atoms. The fraction of sp³-hybridized carbons (Fsp3) is 0.333. The topological polar surface area (TPSA) is 87.7 Å². The maximum absolute atomic E-state index is 12.7. The largest absolute Gasteiger partial charge is 0.506 e. The summed E-state index contributed by atoms with van der Waals surface area (Å²) in [5.74, 6) is -1.14. The van der Waals surface area contributed by atoms with Gasteiger partial charge in [0, 0.05) is 19.7 Å². The van der Waals surface area contributed by atoms with E-state index in [-0.39, 0.29) is 18.8 Å². The molecule has 0 aliphatic rings. The quantitative estimate of drug-likeness (QED) is 0.513. The number of methoxy groups -OCH3 is 1. The SMILES string of the molecule is COCCNS(=O)(=O)Nc1ccc(F)cc1O. The molecule has 0 saturated heterocycles. The normalized spacial score (nSPS) is 11.4. The zero-order chi connectivity index (χ0) is 12.9. The van der Waals surface area contributed by atoms with Gasteiger partial charge in [0.05, 0.1) is 12.3 Å². The van der Waals surface area contributed by atoms with Crippen LogP contribution >= 0.6 is 0 Å². The van der Waals surface area contributed by atoms with Crippen molar-refractivity contribution in [1.29, 1.82) is 0 Å². The standard InChI is InChI=1S/C9H13FN2O4S/c1-16-5-4-11-17(14,15)12-8-3-2-7(10)6-9(8)13/h2-3,6,11-13H,4-5H2,1H3. The van der Waals surface area contributed by atoms with Crippen LogP contribution in [0.1, 0.15) is 0 Å². The number of phenolic OH excluding ortho intramolecular Hbond substituents is 1. The van der Waals surface area contributed by atoms with E-state index in [0.717, 1.165) is 18.2 Å². The third-order valence-corrected chi connectivity index (χ3v) is 2.88. The van der Waals surface area contributed by atoms with Gasteiger partial charge in [0.1, 0.15) is 11.6 Å². The number of phenols is 1. The maximum atomic E-state index is 12.7. The molecule has 17 heavy (non-hydrogen) atoms. The summed E-state index contributed by atoms with van der Waals surface area (Å²) in [6.45, 7) is 0.310. The molecule has 3 N–H and O–H groups in total. The van der Waals surface area contributed by atoms with Gasteiger partial charge in [-0.25, -0.2) is 4.39 Å². The van der Waals surface area contributed by atoms with Crippen molar-refractivity contribution < 1.29 is 22.7 Å². The molecule has 1 rings (SSSR count). The van der Waals surface area contributed by atoms with E-state index < -0.39 is 21.8 Å². The molecule has 0 radical (unpaired) electrons. The molecule has 0 heterocycles. The van der Waals surface area contributed by atoms with Crippen molar-refractivity contribution in [2.24, 2.45) is 0 Å². The number of halogens is 1. The molecule has 0 aromatic heterocycles. The highest BCUT2D eigenvalue weighted by Gasteiger charge is 2.12. The summed E-state index contributed by atoms with van der Waals surface area (Å²) in [4.78, 5) is 0. The van der Waals surface area contributed by atoms with E-state index in [4.69, 9.17) is 0 Å². The van der Waals surface area contributed by atoms with Gasteiger partial charge in [-0.2, -0.15) is 13.1 Å². The first kappa shape index (κ1) is 13.7. The van der Waals surface area contributed by atoms with Crippen LogP contribution in [-0.4, -0.2) is 33.8 Å². The molecule has 0 bridgehead atoms. The monoisotopic (exact) mass is 264 g/mol. The highest BCUT2D eigenvalue weighted by atomic mass is 32.2. The molecule has 1 aromatic carbocycles. The first-order valence-electron chi connectivity index (χ1n) is 4.69. The van der Waals surface area contributed by atoms with Crippen LogP contribution in [-0.2, 0) is 14.9 Å². The van der Waals surface area contributed by atoms with E-state index in [1.54, 1.807) is 0 Å². The second-order valence-electron chi connectivity index (χ2n) is 3.15. The fourth-order valence-electron chi connectivity index (χ4n) is 1.05. The van der Waals surface area contributed by atoms with Gasteiger partial charge < -0.3 is 9.84 Å². The number of ether oxygens (including phenoxy) is 1. The van der Waals surface area contributed by atoms with E-state index in [9.17, 15) is 17.9 Å². The number of hydrogen-bond acceptors (Lipinski definition) is 4. The highest BCUT2D eigenvalue weighted by Crippen LogP contribution is 2.24. The Labute approximate surface area is 98.6 Å². The minimum atomic E-state index is -3.80. The van der Waals surface area contributed by atoms with Gasteiger partial charge >= 0.3 is 0 Å². The highest BCUT2D eigenvalue weighted by molar-refractivity contribution is 7.90. The van der Waals surface area contributed by atoms with E-state index in [2.05, 4.69) is 14.2 Å². The molecule has 96 valence electrons. The molecule has 6 nitrogen and oxygen atoms in total. The van der Waals surface area contributed by atoms with Crippen LogP contribution in [0.2, 0.25) is 0 Å². The Morgan fingerprint density at radius 2 is 2.18 bits per heavy atom. The zero-order valence-corrected chi connectivity index (χ0v) is 9.92.